The topological polar surface area (TPSA) is 57.0 Å². The summed E-state index contributed by atoms with van der Waals surface area (Å²) >= 11 is 1.53. The minimum atomic E-state index is -0.757. The number of pyridine rings is 1. The molecule has 0 radical (unpaired) electrons. The molecule has 28 heavy (non-hydrogen) atoms. The summed E-state index contributed by atoms with van der Waals surface area (Å²) in [4.78, 5) is 15.7. The van der Waals surface area contributed by atoms with Gasteiger partial charge in [0, 0.05) is 28.8 Å². The van der Waals surface area contributed by atoms with E-state index in [-0.39, 0.29) is 17.4 Å². The van der Waals surface area contributed by atoms with Gasteiger partial charge in [-0.2, -0.15) is 5.10 Å². The van der Waals surface area contributed by atoms with E-state index in [9.17, 15) is 13.6 Å². The van der Waals surface area contributed by atoms with Gasteiger partial charge in [-0.3, -0.25) is 4.79 Å². The second-order valence-corrected chi connectivity index (χ2v) is 7.92. The zero-order valence-electron chi connectivity index (χ0n) is 15.6. The minimum Gasteiger partial charge on any atom is -0.469 e. The third kappa shape index (κ3) is 4.39. The summed E-state index contributed by atoms with van der Waals surface area (Å²) in [5.74, 6) is -1.97. The largest absolute Gasteiger partial charge is 0.469 e. The van der Waals surface area contributed by atoms with Gasteiger partial charge in [-0.25, -0.2) is 18.4 Å². The number of hydrogen-bond acceptors (Lipinski definition) is 5. The molecule has 0 fully saturated rings. The zero-order chi connectivity index (χ0) is 20.3. The molecule has 0 N–H and O–H groups in total. The number of thioether (sulfide) groups is 1. The molecule has 0 aliphatic heterocycles. The Balaban J connectivity index is 1.98. The van der Waals surface area contributed by atoms with Crippen molar-refractivity contribution in [3.63, 3.8) is 0 Å². The fraction of sp³-hybridized carbons (Fsp3) is 0.250. The van der Waals surface area contributed by atoms with Crippen LogP contribution in [0.15, 0.2) is 47.9 Å². The van der Waals surface area contributed by atoms with Gasteiger partial charge in [0.1, 0.15) is 10.7 Å². The number of hydrogen-bond donors (Lipinski definition) is 0. The third-order valence-corrected chi connectivity index (χ3v) is 4.91. The Morgan fingerprint density at radius 2 is 2.00 bits per heavy atom. The number of aromatic nitrogens is 3. The molecule has 2 heterocycles. The van der Waals surface area contributed by atoms with Crippen LogP contribution in [0.3, 0.4) is 0 Å². The molecule has 0 saturated heterocycles. The molecule has 1 aromatic carbocycles. The van der Waals surface area contributed by atoms with Crippen LogP contribution >= 0.6 is 11.8 Å². The first-order valence-electron chi connectivity index (χ1n) is 8.61. The van der Waals surface area contributed by atoms with Gasteiger partial charge in [-0.1, -0.05) is 19.9 Å². The van der Waals surface area contributed by atoms with E-state index < -0.39 is 17.6 Å². The fourth-order valence-corrected chi connectivity index (χ4v) is 3.56. The van der Waals surface area contributed by atoms with E-state index in [2.05, 4.69) is 14.8 Å². The quantitative estimate of drug-likeness (QED) is 0.450. The number of methoxy groups -OCH3 is 1. The van der Waals surface area contributed by atoms with E-state index in [1.165, 1.54) is 43.4 Å². The van der Waals surface area contributed by atoms with E-state index in [0.29, 0.717) is 21.7 Å². The molecule has 0 amide bonds. The van der Waals surface area contributed by atoms with Crippen molar-refractivity contribution in [2.24, 2.45) is 0 Å². The second kappa shape index (κ2) is 8.52. The molecule has 0 bridgehead atoms. The van der Waals surface area contributed by atoms with Crippen molar-refractivity contribution in [1.29, 1.82) is 0 Å². The van der Waals surface area contributed by atoms with Crippen LogP contribution in [0.2, 0.25) is 0 Å². The van der Waals surface area contributed by atoms with Crippen molar-refractivity contribution in [3.8, 4) is 16.8 Å². The summed E-state index contributed by atoms with van der Waals surface area (Å²) in [5.41, 5.74) is 1.26. The van der Waals surface area contributed by atoms with Crippen molar-refractivity contribution >= 4 is 17.7 Å². The summed E-state index contributed by atoms with van der Waals surface area (Å²) in [7, 11) is 1.27. The van der Waals surface area contributed by atoms with Crippen LogP contribution in [0.5, 0.6) is 0 Å². The van der Waals surface area contributed by atoms with E-state index in [0.717, 1.165) is 4.68 Å². The van der Waals surface area contributed by atoms with E-state index in [4.69, 9.17) is 0 Å². The second-order valence-electron chi connectivity index (χ2n) is 6.36. The monoisotopic (exact) mass is 403 g/mol. The fourth-order valence-electron chi connectivity index (χ4n) is 2.68. The summed E-state index contributed by atoms with van der Waals surface area (Å²) in [5, 5.41) is 4.96. The Kier molecular flexibility index (Phi) is 6.08. The molecular weight excluding hydrogens is 384 g/mol. The molecule has 146 valence electrons. The molecule has 0 unspecified atom stereocenters. The molecule has 3 aromatic rings. The first-order valence-corrected chi connectivity index (χ1v) is 9.48. The molecule has 0 spiro atoms. The van der Waals surface area contributed by atoms with Gasteiger partial charge in [-0.15, -0.1) is 11.8 Å². The average Bonchev–Trinajstić information content (AvgIpc) is 3.08. The van der Waals surface area contributed by atoms with Crippen molar-refractivity contribution in [2.75, 3.05) is 7.11 Å². The first-order chi connectivity index (χ1) is 13.4. The van der Waals surface area contributed by atoms with Crippen LogP contribution in [0.25, 0.3) is 16.8 Å². The summed E-state index contributed by atoms with van der Waals surface area (Å²) in [6.45, 7) is 4.05. The molecule has 3 rings (SSSR count). The SMILES string of the molecule is COC(=O)Cc1cnn(-c2c(F)cc(-c3cccnc3SC(C)C)cc2F)c1. The van der Waals surface area contributed by atoms with Crippen LogP contribution in [-0.4, -0.2) is 33.1 Å². The molecule has 0 aliphatic rings. The smallest absolute Gasteiger partial charge is 0.310 e. The van der Waals surface area contributed by atoms with Gasteiger partial charge in [0.05, 0.1) is 19.7 Å². The maximum Gasteiger partial charge on any atom is 0.310 e. The van der Waals surface area contributed by atoms with Gasteiger partial charge >= 0.3 is 5.97 Å². The lowest BCUT2D eigenvalue weighted by Crippen LogP contribution is -2.05. The lowest BCUT2D eigenvalue weighted by Gasteiger charge is -2.12. The maximum absolute atomic E-state index is 14.8. The van der Waals surface area contributed by atoms with E-state index >= 15 is 0 Å². The number of benzene rings is 1. The number of esters is 1. The number of nitrogens with zero attached hydrogens (tertiary/aromatic N) is 3. The highest BCUT2D eigenvalue weighted by molar-refractivity contribution is 7.99. The normalized spacial score (nSPS) is 11.1. The van der Waals surface area contributed by atoms with Crippen LogP contribution in [0, 0.1) is 11.6 Å². The Bertz CT molecular complexity index is 982. The molecule has 0 aliphatic carbocycles. The lowest BCUT2D eigenvalue weighted by atomic mass is 10.1. The Morgan fingerprint density at radius 3 is 2.64 bits per heavy atom. The highest BCUT2D eigenvalue weighted by atomic mass is 32.2. The highest BCUT2D eigenvalue weighted by Crippen LogP contribution is 2.34. The molecule has 0 saturated carbocycles. The van der Waals surface area contributed by atoms with Crippen molar-refractivity contribution in [1.82, 2.24) is 14.8 Å². The van der Waals surface area contributed by atoms with Gasteiger partial charge in [-0.05, 0) is 23.8 Å². The lowest BCUT2D eigenvalue weighted by molar-refractivity contribution is -0.139. The van der Waals surface area contributed by atoms with Gasteiger partial charge in [0.15, 0.2) is 11.6 Å². The van der Waals surface area contributed by atoms with Crippen molar-refractivity contribution < 1.29 is 18.3 Å². The molecule has 5 nitrogen and oxygen atoms in total. The minimum absolute atomic E-state index is 0.0245. The van der Waals surface area contributed by atoms with Crippen LogP contribution in [0.4, 0.5) is 8.78 Å². The van der Waals surface area contributed by atoms with Crippen LogP contribution in [0.1, 0.15) is 19.4 Å². The maximum atomic E-state index is 14.8. The first kappa shape index (κ1) is 20.0. The summed E-state index contributed by atoms with van der Waals surface area (Å²) in [6, 6.07) is 6.05. The molecule has 8 heteroatoms. The third-order valence-electron chi connectivity index (χ3n) is 3.89. The van der Waals surface area contributed by atoms with Crippen LogP contribution in [-0.2, 0) is 16.0 Å². The van der Waals surface area contributed by atoms with Crippen molar-refractivity contribution in [3.05, 3.63) is 60.1 Å². The van der Waals surface area contributed by atoms with Gasteiger partial charge in [0.2, 0.25) is 0 Å². The number of carbonyl (C=O) groups is 1. The van der Waals surface area contributed by atoms with Gasteiger partial charge < -0.3 is 4.74 Å². The summed E-state index contributed by atoms with van der Waals surface area (Å²) in [6.07, 6.45) is 4.41. The number of rotatable bonds is 6. The predicted octanol–water partition coefficient (Wildman–Crippen LogP) is 4.43. The van der Waals surface area contributed by atoms with E-state index in [1.807, 2.05) is 13.8 Å². The number of carbonyl (C=O) groups excluding carboxylic acids is 1. The Labute approximate surface area is 165 Å². The molecular formula is C20H19F2N3O2S. The number of ether oxygens (including phenoxy) is 1. The Hall–Kier alpha value is -2.74. The standard InChI is InChI=1S/C20H19F2N3O2S/c1-12(2)28-20-15(5-4-6-23-20)14-8-16(21)19(17(22)9-14)25-11-13(10-24-25)7-18(26)27-3/h4-6,8-12H,7H2,1-3H3. The number of halogens is 2. The van der Waals surface area contributed by atoms with Crippen LogP contribution < -0.4 is 0 Å². The highest BCUT2D eigenvalue weighted by Gasteiger charge is 2.18. The molecule has 2 aromatic heterocycles. The zero-order valence-corrected chi connectivity index (χ0v) is 16.5. The Morgan fingerprint density at radius 1 is 1.29 bits per heavy atom. The summed E-state index contributed by atoms with van der Waals surface area (Å²) < 4.78 is 35.3. The predicted molar refractivity (Wildman–Crippen MR) is 103 cm³/mol. The van der Waals surface area contributed by atoms with Gasteiger partial charge in [0.25, 0.3) is 0 Å². The molecule has 0 atom stereocenters. The van der Waals surface area contributed by atoms with Crippen molar-refractivity contribution in [2.45, 2.75) is 30.5 Å². The average molecular weight is 403 g/mol. The van der Waals surface area contributed by atoms with E-state index in [1.54, 1.807) is 18.3 Å².